The maximum absolute atomic E-state index is 13.0. The van der Waals surface area contributed by atoms with Gasteiger partial charge in [0.25, 0.3) is 5.91 Å². The Morgan fingerprint density at radius 1 is 0.967 bits per heavy atom. The number of aromatic nitrogens is 3. The first kappa shape index (κ1) is 19.7. The van der Waals surface area contributed by atoms with E-state index in [1.807, 2.05) is 61.5 Å². The van der Waals surface area contributed by atoms with Gasteiger partial charge in [-0.1, -0.05) is 59.6 Å². The fraction of sp³-hybridized carbons (Fsp3) is 0.0833. The highest BCUT2D eigenvalue weighted by Crippen LogP contribution is 2.25. The van der Waals surface area contributed by atoms with Gasteiger partial charge in [-0.3, -0.25) is 9.78 Å². The van der Waals surface area contributed by atoms with Crippen molar-refractivity contribution in [2.24, 2.45) is 0 Å². The van der Waals surface area contributed by atoms with E-state index >= 15 is 0 Å². The van der Waals surface area contributed by atoms with Crippen LogP contribution < -0.4 is 5.32 Å². The van der Waals surface area contributed by atoms with E-state index in [4.69, 9.17) is 16.6 Å². The quantitative estimate of drug-likeness (QED) is 0.493. The van der Waals surface area contributed by atoms with E-state index in [1.54, 1.807) is 24.7 Å². The summed E-state index contributed by atoms with van der Waals surface area (Å²) in [6.07, 6.45) is 4.92. The van der Waals surface area contributed by atoms with Gasteiger partial charge in [0.05, 0.1) is 11.3 Å². The minimum absolute atomic E-state index is 0.266. The summed E-state index contributed by atoms with van der Waals surface area (Å²) < 4.78 is 0. The van der Waals surface area contributed by atoms with Crippen LogP contribution in [0, 0.1) is 6.92 Å². The second kappa shape index (κ2) is 8.84. The third-order valence-electron chi connectivity index (χ3n) is 4.69. The molecule has 5 nitrogen and oxygen atoms in total. The molecule has 30 heavy (non-hydrogen) atoms. The first-order valence-corrected chi connectivity index (χ1v) is 9.86. The molecule has 0 aliphatic heterocycles. The van der Waals surface area contributed by atoms with Crippen LogP contribution in [0.1, 0.15) is 21.5 Å². The van der Waals surface area contributed by atoms with Crippen LogP contribution >= 0.6 is 11.6 Å². The molecule has 0 saturated carbocycles. The van der Waals surface area contributed by atoms with E-state index in [1.165, 1.54) is 0 Å². The summed E-state index contributed by atoms with van der Waals surface area (Å²) in [5.41, 5.74) is 4.63. The van der Waals surface area contributed by atoms with Crippen LogP contribution in [-0.4, -0.2) is 20.9 Å². The Hall–Kier alpha value is -3.57. The first-order chi connectivity index (χ1) is 14.6. The van der Waals surface area contributed by atoms with Crippen molar-refractivity contribution in [1.29, 1.82) is 0 Å². The molecule has 2 heterocycles. The average Bonchev–Trinajstić information content (AvgIpc) is 2.79. The van der Waals surface area contributed by atoms with Crippen LogP contribution in [0.3, 0.4) is 0 Å². The molecule has 1 N–H and O–H groups in total. The number of aryl methyl sites for hydroxylation is 1. The monoisotopic (exact) mass is 414 g/mol. The van der Waals surface area contributed by atoms with E-state index in [0.29, 0.717) is 28.6 Å². The predicted octanol–water partition coefficient (Wildman–Crippen LogP) is 5.10. The van der Waals surface area contributed by atoms with Gasteiger partial charge in [0, 0.05) is 41.3 Å². The fourth-order valence-electron chi connectivity index (χ4n) is 3.03. The Labute approximate surface area is 179 Å². The van der Waals surface area contributed by atoms with Crippen LogP contribution in [-0.2, 0) is 6.54 Å². The highest BCUT2D eigenvalue weighted by molar-refractivity contribution is 6.31. The molecular formula is C24H19ClN4O. The number of nitrogens with one attached hydrogen (secondary N) is 1. The largest absolute Gasteiger partial charge is 0.348 e. The standard InChI is InChI=1S/C24H19ClN4O/c1-16-6-8-18(9-7-16)23-27-15-20(22(29-23)17-10-12-26-13-11-17)24(30)28-14-19-4-2-3-5-21(19)25/h2-13,15H,14H2,1H3,(H,28,30). The van der Waals surface area contributed by atoms with Gasteiger partial charge < -0.3 is 5.32 Å². The predicted molar refractivity (Wildman–Crippen MR) is 118 cm³/mol. The normalized spacial score (nSPS) is 10.6. The SMILES string of the molecule is Cc1ccc(-c2ncc(C(=O)NCc3ccccc3Cl)c(-c3ccncc3)n2)cc1. The third-order valence-corrected chi connectivity index (χ3v) is 5.06. The Kier molecular flexibility index (Phi) is 5.82. The number of carbonyl (C=O) groups excluding carboxylic acids is 1. The topological polar surface area (TPSA) is 67.8 Å². The highest BCUT2D eigenvalue weighted by Gasteiger charge is 2.17. The molecule has 0 spiro atoms. The van der Waals surface area contributed by atoms with Crippen molar-refractivity contribution in [3.63, 3.8) is 0 Å². The molecule has 0 radical (unpaired) electrons. The van der Waals surface area contributed by atoms with E-state index in [-0.39, 0.29) is 5.91 Å². The molecule has 2 aromatic carbocycles. The average molecular weight is 415 g/mol. The molecule has 0 aliphatic carbocycles. The second-order valence-corrected chi connectivity index (χ2v) is 7.24. The lowest BCUT2D eigenvalue weighted by Crippen LogP contribution is -2.24. The Bertz CT molecular complexity index is 1180. The molecule has 0 saturated heterocycles. The van der Waals surface area contributed by atoms with Gasteiger partial charge in [-0.15, -0.1) is 0 Å². The zero-order valence-corrected chi connectivity index (χ0v) is 17.1. The van der Waals surface area contributed by atoms with E-state index < -0.39 is 0 Å². The van der Waals surface area contributed by atoms with Gasteiger partial charge in [-0.2, -0.15) is 0 Å². The fourth-order valence-corrected chi connectivity index (χ4v) is 3.23. The van der Waals surface area contributed by atoms with Gasteiger partial charge in [-0.25, -0.2) is 9.97 Å². The van der Waals surface area contributed by atoms with Crippen molar-refractivity contribution >= 4 is 17.5 Å². The first-order valence-electron chi connectivity index (χ1n) is 9.48. The van der Waals surface area contributed by atoms with Crippen molar-refractivity contribution < 1.29 is 4.79 Å². The molecular weight excluding hydrogens is 396 g/mol. The van der Waals surface area contributed by atoms with E-state index in [2.05, 4.69) is 15.3 Å². The highest BCUT2D eigenvalue weighted by atomic mass is 35.5. The molecule has 2 aromatic heterocycles. The van der Waals surface area contributed by atoms with Gasteiger partial charge in [-0.05, 0) is 30.7 Å². The summed E-state index contributed by atoms with van der Waals surface area (Å²) in [5.74, 6) is 0.293. The number of hydrogen-bond donors (Lipinski definition) is 1. The number of pyridine rings is 1. The summed E-state index contributed by atoms with van der Waals surface area (Å²) in [6.45, 7) is 2.34. The number of amides is 1. The summed E-state index contributed by atoms with van der Waals surface area (Å²) >= 11 is 6.20. The lowest BCUT2D eigenvalue weighted by Gasteiger charge is -2.12. The summed E-state index contributed by atoms with van der Waals surface area (Å²) in [4.78, 5) is 26.2. The minimum atomic E-state index is -0.266. The molecule has 6 heteroatoms. The third kappa shape index (κ3) is 4.36. The minimum Gasteiger partial charge on any atom is -0.348 e. The summed E-state index contributed by atoms with van der Waals surface area (Å²) in [7, 11) is 0. The number of rotatable bonds is 5. The Morgan fingerprint density at radius 3 is 2.43 bits per heavy atom. The molecule has 0 fully saturated rings. The van der Waals surface area contributed by atoms with Crippen molar-refractivity contribution in [1.82, 2.24) is 20.3 Å². The molecule has 148 valence electrons. The van der Waals surface area contributed by atoms with Crippen LogP contribution in [0.5, 0.6) is 0 Å². The summed E-state index contributed by atoms with van der Waals surface area (Å²) in [6, 6.07) is 19.0. The zero-order chi connectivity index (χ0) is 20.9. The number of carbonyl (C=O) groups is 1. The lowest BCUT2D eigenvalue weighted by molar-refractivity contribution is 0.0951. The van der Waals surface area contributed by atoms with Gasteiger partial charge in [0.2, 0.25) is 0 Å². The van der Waals surface area contributed by atoms with Crippen LogP contribution in [0.25, 0.3) is 22.6 Å². The van der Waals surface area contributed by atoms with E-state index in [0.717, 1.165) is 22.3 Å². The maximum atomic E-state index is 13.0. The van der Waals surface area contributed by atoms with Crippen LogP contribution in [0.2, 0.25) is 5.02 Å². The Balaban J connectivity index is 1.68. The molecule has 0 aliphatic rings. The van der Waals surface area contributed by atoms with Crippen molar-refractivity contribution in [3.05, 3.63) is 101 Å². The van der Waals surface area contributed by atoms with Gasteiger partial charge in [0.1, 0.15) is 0 Å². The number of hydrogen-bond acceptors (Lipinski definition) is 4. The summed E-state index contributed by atoms with van der Waals surface area (Å²) in [5, 5.41) is 3.52. The number of nitrogens with zero attached hydrogens (tertiary/aromatic N) is 3. The molecule has 1 amide bonds. The van der Waals surface area contributed by atoms with Crippen LogP contribution in [0.4, 0.5) is 0 Å². The van der Waals surface area contributed by atoms with Crippen LogP contribution in [0.15, 0.2) is 79.3 Å². The maximum Gasteiger partial charge on any atom is 0.255 e. The Morgan fingerprint density at radius 2 is 1.70 bits per heavy atom. The van der Waals surface area contributed by atoms with Crippen molar-refractivity contribution in [2.45, 2.75) is 13.5 Å². The van der Waals surface area contributed by atoms with Crippen molar-refractivity contribution in [2.75, 3.05) is 0 Å². The number of benzene rings is 2. The molecule has 0 unspecified atom stereocenters. The molecule has 0 atom stereocenters. The second-order valence-electron chi connectivity index (χ2n) is 6.83. The number of halogens is 1. The smallest absolute Gasteiger partial charge is 0.255 e. The lowest BCUT2D eigenvalue weighted by atomic mass is 10.1. The van der Waals surface area contributed by atoms with Gasteiger partial charge >= 0.3 is 0 Å². The zero-order valence-electron chi connectivity index (χ0n) is 16.3. The molecule has 4 aromatic rings. The van der Waals surface area contributed by atoms with E-state index in [9.17, 15) is 4.79 Å². The molecule has 4 rings (SSSR count). The van der Waals surface area contributed by atoms with Crippen molar-refractivity contribution in [3.8, 4) is 22.6 Å². The van der Waals surface area contributed by atoms with Gasteiger partial charge in [0.15, 0.2) is 5.82 Å². The molecule has 0 bridgehead atoms.